The normalized spacial score (nSPS) is 21.0. The molecule has 2 aromatic carbocycles. The van der Waals surface area contributed by atoms with Crippen LogP contribution in [0.15, 0.2) is 36.4 Å². The van der Waals surface area contributed by atoms with E-state index in [0.29, 0.717) is 11.2 Å². The summed E-state index contributed by atoms with van der Waals surface area (Å²) < 4.78 is 39.2. The molecule has 1 heterocycles. The van der Waals surface area contributed by atoms with Crippen LogP contribution in [0.3, 0.4) is 0 Å². The molecule has 0 aromatic heterocycles. The molecule has 0 saturated heterocycles. The van der Waals surface area contributed by atoms with E-state index in [2.05, 4.69) is 0 Å². The van der Waals surface area contributed by atoms with Crippen LogP contribution in [-0.2, 0) is 4.65 Å². The molecule has 3 rings (SSSR count). The Labute approximate surface area is 129 Å². The highest BCUT2D eigenvalue weighted by Crippen LogP contribution is 2.22. The average Bonchev–Trinajstić information content (AvgIpc) is 2.59. The quantitative estimate of drug-likeness (QED) is 0.754. The van der Waals surface area contributed by atoms with Crippen molar-refractivity contribution in [3.63, 3.8) is 0 Å². The van der Waals surface area contributed by atoms with Crippen molar-refractivity contribution in [3.05, 3.63) is 53.6 Å². The van der Waals surface area contributed by atoms with Crippen LogP contribution in [0.5, 0.6) is 5.75 Å². The Bertz CT molecular complexity index is 705. The number of benzene rings is 2. The lowest BCUT2D eigenvalue weighted by atomic mass is 9.53. The fourth-order valence-electron chi connectivity index (χ4n) is 2.67. The van der Waals surface area contributed by atoms with Gasteiger partial charge in [0.1, 0.15) is 11.9 Å². The molecule has 0 radical (unpaired) electrons. The molecular weight excluding hydrogens is 285 g/mol. The summed E-state index contributed by atoms with van der Waals surface area (Å²) in [5.74, 6) is -1.47. The predicted molar refractivity (Wildman–Crippen MR) is 83.2 cm³/mol. The lowest BCUT2D eigenvalue weighted by Gasteiger charge is -2.21. The zero-order valence-corrected chi connectivity index (χ0v) is 12.8. The number of aryl methyl sites for hydroxylation is 1. The largest absolute Gasteiger partial charge is 0.488 e. The van der Waals surface area contributed by atoms with Crippen LogP contribution in [-0.4, -0.2) is 19.1 Å². The number of rotatable bonds is 1. The van der Waals surface area contributed by atoms with Gasteiger partial charge in [-0.25, -0.2) is 8.78 Å². The highest BCUT2D eigenvalue weighted by Gasteiger charge is 2.35. The monoisotopic (exact) mass is 302 g/mol. The molecule has 0 bridgehead atoms. The maximum Gasteiger partial charge on any atom is 0.366 e. The third-order valence-electron chi connectivity index (χ3n) is 4.13. The fourth-order valence-corrected chi connectivity index (χ4v) is 2.67. The van der Waals surface area contributed by atoms with Gasteiger partial charge in [0, 0.05) is 11.5 Å². The van der Waals surface area contributed by atoms with E-state index in [1.54, 1.807) is 0 Å². The standard InChI is InChI=1S/C17H17BF2O2/c1-10-6-4-5-7-13(10)18-14-8-15(19)16(20)9-17(14)21-11(2)12(3)22-18/h4-9,11-12H,1-3H3/t11-,12-/m0/s1. The number of fused-ring (bicyclic) bond motifs is 1. The highest BCUT2D eigenvalue weighted by molar-refractivity contribution is 6.81. The summed E-state index contributed by atoms with van der Waals surface area (Å²) in [5.41, 5.74) is 2.48. The first-order valence-corrected chi connectivity index (χ1v) is 7.34. The molecule has 0 spiro atoms. The summed E-state index contributed by atoms with van der Waals surface area (Å²) in [6.07, 6.45) is -0.458. The lowest BCUT2D eigenvalue weighted by molar-refractivity contribution is 0.0872. The van der Waals surface area contributed by atoms with Crippen molar-refractivity contribution in [2.75, 3.05) is 0 Å². The van der Waals surface area contributed by atoms with Crippen LogP contribution < -0.4 is 15.7 Å². The van der Waals surface area contributed by atoms with Crippen LogP contribution in [0.25, 0.3) is 0 Å². The second kappa shape index (κ2) is 5.73. The number of hydrogen-bond acceptors (Lipinski definition) is 2. The summed E-state index contributed by atoms with van der Waals surface area (Å²) >= 11 is 0. The molecule has 0 unspecified atom stereocenters. The van der Waals surface area contributed by atoms with Crippen molar-refractivity contribution in [3.8, 4) is 5.75 Å². The molecule has 5 heteroatoms. The summed E-state index contributed by atoms with van der Waals surface area (Å²) in [7, 11) is 0. The van der Waals surface area contributed by atoms with Gasteiger partial charge in [0.2, 0.25) is 0 Å². The third-order valence-corrected chi connectivity index (χ3v) is 4.13. The molecule has 0 aliphatic carbocycles. The Morgan fingerprint density at radius 2 is 1.64 bits per heavy atom. The molecule has 2 atom stereocenters. The molecule has 0 fully saturated rings. The highest BCUT2D eigenvalue weighted by atomic mass is 19.2. The molecule has 22 heavy (non-hydrogen) atoms. The van der Waals surface area contributed by atoms with Gasteiger partial charge in [-0.1, -0.05) is 29.8 Å². The van der Waals surface area contributed by atoms with Gasteiger partial charge in [-0.15, -0.1) is 0 Å². The van der Waals surface area contributed by atoms with E-state index in [-0.39, 0.29) is 12.2 Å². The SMILES string of the molecule is Cc1ccccc1B1O[C@@H](C)[C@H](C)Oc2cc(F)c(F)cc21. The molecule has 1 aliphatic heterocycles. The van der Waals surface area contributed by atoms with Crippen LogP contribution in [0, 0.1) is 18.6 Å². The average molecular weight is 302 g/mol. The number of halogens is 2. The lowest BCUT2D eigenvalue weighted by Crippen LogP contribution is -2.47. The first kappa shape index (κ1) is 15.0. The van der Waals surface area contributed by atoms with E-state index in [4.69, 9.17) is 9.39 Å². The van der Waals surface area contributed by atoms with Gasteiger partial charge < -0.3 is 9.39 Å². The molecule has 0 saturated carbocycles. The first-order chi connectivity index (χ1) is 10.5. The number of ether oxygens (including phenoxy) is 1. The molecule has 0 N–H and O–H groups in total. The Morgan fingerprint density at radius 1 is 0.955 bits per heavy atom. The Balaban J connectivity index is 2.18. The second-order valence-corrected chi connectivity index (χ2v) is 5.70. The first-order valence-electron chi connectivity index (χ1n) is 7.34. The Kier molecular flexibility index (Phi) is 3.91. The summed E-state index contributed by atoms with van der Waals surface area (Å²) in [4.78, 5) is 0. The summed E-state index contributed by atoms with van der Waals surface area (Å²) in [6.45, 7) is 5.24. The predicted octanol–water partition coefficient (Wildman–Crippen LogP) is 2.56. The van der Waals surface area contributed by atoms with Crippen molar-refractivity contribution < 1.29 is 18.2 Å². The number of hydrogen-bond donors (Lipinski definition) is 0. The minimum absolute atomic E-state index is 0.205. The molecule has 114 valence electrons. The molecule has 0 amide bonds. The maximum atomic E-state index is 13.7. The van der Waals surface area contributed by atoms with Gasteiger partial charge in [0.05, 0.1) is 6.10 Å². The van der Waals surface area contributed by atoms with E-state index < -0.39 is 18.6 Å². The molecule has 1 aliphatic rings. The van der Waals surface area contributed by atoms with Crippen molar-refractivity contribution >= 4 is 17.8 Å². The summed E-state index contributed by atoms with van der Waals surface area (Å²) in [6, 6.07) is 10.0. The van der Waals surface area contributed by atoms with Crippen LogP contribution in [0.1, 0.15) is 19.4 Å². The molecule has 2 aromatic rings. The second-order valence-electron chi connectivity index (χ2n) is 5.70. The van der Waals surface area contributed by atoms with Gasteiger partial charge >= 0.3 is 6.92 Å². The zero-order valence-electron chi connectivity index (χ0n) is 12.8. The van der Waals surface area contributed by atoms with Gasteiger partial charge in [-0.3, -0.25) is 0 Å². The topological polar surface area (TPSA) is 18.5 Å². The van der Waals surface area contributed by atoms with E-state index in [9.17, 15) is 8.78 Å². The van der Waals surface area contributed by atoms with Gasteiger partial charge in [-0.2, -0.15) is 0 Å². The van der Waals surface area contributed by atoms with Gasteiger partial charge in [-0.05, 0) is 32.3 Å². The molecule has 2 nitrogen and oxygen atoms in total. The van der Waals surface area contributed by atoms with Crippen LogP contribution in [0.2, 0.25) is 0 Å². The third kappa shape index (κ3) is 2.61. The van der Waals surface area contributed by atoms with Crippen molar-refractivity contribution in [1.82, 2.24) is 0 Å². The minimum atomic E-state index is -0.913. The van der Waals surface area contributed by atoms with Crippen LogP contribution >= 0.6 is 0 Å². The van der Waals surface area contributed by atoms with E-state index in [0.717, 1.165) is 17.1 Å². The van der Waals surface area contributed by atoms with E-state index in [1.165, 1.54) is 6.07 Å². The summed E-state index contributed by atoms with van der Waals surface area (Å²) in [5, 5.41) is 0. The smallest absolute Gasteiger partial charge is 0.366 e. The van der Waals surface area contributed by atoms with Crippen molar-refractivity contribution in [1.29, 1.82) is 0 Å². The molecular formula is C17H17BF2O2. The Morgan fingerprint density at radius 3 is 2.36 bits per heavy atom. The minimum Gasteiger partial charge on any atom is -0.488 e. The van der Waals surface area contributed by atoms with Gasteiger partial charge in [0.15, 0.2) is 11.6 Å². The van der Waals surface area contributed by atoms with Crippen molar-refractivity contribution in [2.45, 2.75) is 33.0 Å². The van der Waals surface area contributed by atoms with Crippen LogP contribution in [0.4, 0.5) is 8.78 Å². The van der Waals surface area contributed by atoms with E-state index in [1.807, 2.05) is 45.0 Å². The maximum absolute atomic E-state index is 13.7. The van der Waals surface area contributed by atoms with Gasteiger partial charge in [0.25, 0.3) is 0 Å². The Hall–Kier alpha value is -1.88. The van der Waals surface area contributed by atoms with Crippen molar-refractivity contribution in [2.24, 2.45) is 0 Å². The van der Waals surface area contributed by atoms with E-state index >= 15 is 0 Å². The zero-order chi connectivity index (χ0) is 15.9. The fraction of sp³-hybridized carbons (Fsp3) is 0.294.